The minimum atomic E-state index is -0.0164. The summed E-state index contributed by atoms with van der Waals surface area (Å²) in [6, 6.07) is 4.09. The highest BCUT2D eigenvalue weighted by Crippen LogP contribution is 2.33. The molecule has 1 N–H and O–H groups in total. The number of aliphatic imine (C=N–C) groups is 1. The normalized spacial score (nSPS) is 19.0. The van der Waals surface area contributed by atoms with E-state index in [-0.39, 0.29) is 12.5 Å². The van der Waals surface area contributed by atoms with Crippen molar-refractivity contribution in [2.45, 2.75) is 19.4 Å². The van der Waals surface area contributed by atoms with Gasteiger partial charge < -0.3 is 29.3 Å². The summed E-state index contributed by atoms with van der Waals surface area (Å²) in [7, 11) is 6.80. The van der Waals surface area contributed by atoms with Gasteiger partial charge in [-0.05, 0) is 36.1 Å². The van der Waals surface area contributed by atoms with Gasteiger partial charge in [-0.3, -0.25) is 4.79 Å². The molecule has 2 aliphatic heterocycles. The average Bonchev–Trinajstić information content (AvgIpc) is 3.25. The van der Waals surface area contributed by atoms with Gasteiger partial charge in [0.1, 0.15) is 6.54 Å². The highest BCUT2D eigenvalue weighted by Gasteiger charge is 2.23. The van der Waals surface area contributed by atoms with Gasteiger partial charge >= 0.3 is 0 Å². The van der Waals surface area contributed by atoms with Crippen LogP contribution in [-0.2, 0) is 22.5 Å². The van der Waals surface area contributed by atoms with Gasteiger partial charge in [-0.15, -0.1) is 0 Å². The third-order valence-corrected chi connectivity index (χ3v) is 5.45. The van der Waals surface area contributed by atoms with Gasteiger partial charge in [-0.1, -0.05) is 0 Å². The van der Waals surface area contributed by atoms with Crippen molar-refractivity contribution in [1.82, 2.24) is 15.1 Å². The molecule has 2 heterocycles. The standard InChI is InChI=1S/C21H32N4O4/c1-24(2)20(26)12-23-21(22-11-15-6-8-29-14-15)25-7-5-16-9-18(27-3)19(28-4)10-17(16)13-25/h9-10,15H,5-8,11-14H2,1-4H3,(H,22,23). The lowest BCUT2D eigenvalue weighted by Crippen LogP contribution is -2.46. The maximum absolute atomic E-state index is 12.1. The van der Waals surface area contributed by atoms with E-state index in [9.17, 15) is 4.79 Å². The predicted octanol–water partition coefficient (Wildman–Crippen LogP) is 1.13. The summed E-state index contributed by atoms with van der Waals surface area (Å²) in [4.78, 5) is 20.5. The number of carbonyl (C=O) groups is 1. The summed E-state index contributed by atoms with van der Waals surface area (Å²) in [5.41, 5.74) is 2.44. The van der Waals surface area contributed by atoms with Crippen molar-refractivity contribution in [1.29, 1.82) is 0 Å². The molecule has 1 amide bonds. The minimum Gasteiger partial charge on any atom is -0.493 e. The number of benzene rings is 1. The van der Waals surface area contributed by atoms with E-state index >= 15 is 0 Å². The van der Waals surface area contributed by atoms with Crippen molar-refractivity contribution in [3.05, 3.63) is 23.3 Å². The number of nitrogens with zero attached hydrogens (tertiary/aromatic N) is 3. The Morgan fingerprint density at radius 1 is 1.28 bits per heavy atom. The van der Waals surface area contributed by atoms with Gasteiger partial charge in [0.05, 0.1) is 20.8 Å². The third-order valence-electron chi connectivity index (χ3n) is 5.45. The number of likely N-dealkylation sites (N-methyl/N-ethyl adjacent to an activating group) is 1. The number of hydrogen-bond acceptors (Lipinski definition) is 5. The van der Waals surface area contributed by atoms with Gasteiger partial charge in [0, 0.05) is 46.3 Å². The molecule has 0 aliphatic carbocycles. The van der Waals surface area contributed by atoms with Crippen LogP contribution in [0, 0.1) is 5.92 Å². The second kappa shape index (κ2) is 9.82. The molecule has 0 radical (unpaired) electrons. The first-order valence-corrected chi connectivity index (χ1v) is 10.1. The first kappa shape index (κ1) is 21.2. The van der Waals surface area contributed by atoms with Gasteiger partial charge in [0.25, 0.3) is 0 Å². The van der Waals surface area contributed by atoms with Crippen molar-refractivity contribution >= 4 is 11.9 Å². The monoisotopic (exact) mass is 404 g/mol. The maximum atomic E-state index is 12.1. The summed E-state index contributed by atoms with van der Waals surface area (Å²) in [5, 5.41) is 3.48. The van der Waals surface area contributed by atoms with Crippen LogP contribution in [0.4, 0.5) is 0 Å². The number of fused-ring (bicyclic) bond motifs is 1. The second-order valence-corrected chi connectivity index (χ2v) is 7.69. The molecule has 29 heavy (non-hydrogen) atoms. The van der Waals surface area contributed by atoms with E-state index in [0.717, 1.165) is 56.6 Å². The van der Waals surface area contributed by atoms with Crippen molar-refractivity contribution in [3.8, 4) is 11.5 Å². The molecule has 1 fully saturated rings. The van der Waals surface area contributed by atoms with Crippen LogP contribution in [0.1, 0.15) is 17.5 Å². The molecule has 0 saturated carbocycles. The lowest BCUT2D eigenvalue weighted by molar-refractivity contribution is -0.127. The van der Waals surface area contributed by atoms with E-state index < -0.39 is 0 Å². The number of guanidine groups is 1. The fourth-order valence-electron chi connectivity index (χ4n) is 3.60. The average molecular weight is 405 g/mol. The predicted molar refractivity (Wildman–Crippen MR) is 112 cm³/mol. The summed E-state index contributed by atoms with van der Waals surface area (Å²) >= 11 is 0. The number of hydrogen-bond donors (Lipinski definition) is 1. The van der Waals surface area contributed by atoms with E-state index in [1.165, 1.54) is 11.1 Å². The summed E-state index contributed by atoms with van der Waals surface area (Å²) in [5.74, 6) is 2.71. The number of rotatable bonds is 6. The first-order valence-electron chi connectivity index (χ1n) is 10.1. The van der Waals surface area contributed by atoms with Crippen molar-refractivity contribution in [2.75, 3.05) is 61.2 Å². The molecular weight excluding hydrogens is 372 g/mol. The number of methoxy groups -OCH3 is 2. The first-order chi connectivity index (χ1) is 14.0. The van der Waals surface area contributed by atoms with Crippen LogP contribution in [0.25, 0.3) is 0 Å². The molecule has 2 aliphatic rings. The highest BCUT2D eigenvalue weighted by atomic mass is 16.5. The summed E-state index contributed by atoms with van der Waals surface area (Å²) in [6.45, 7) is 4.05. The molecule has 1 atom stereocenters. The van der Waals surface area contributed by atoms with Crippen LogP contribution in [0.5, 0.6) is 11.5 Å². The molecule has 0 spiro atoms. The third kappa shape index (κ3) is 5.32. The van der Waals surface area contributed by atoms with E-state index in [1.54, 1.807) is 33.2 Å². The van der Waals surface area contributed by atoms with E-state index in [1.807, 2.05) is 6.07 Å². The lowest BCUT2D eigenvalue weighted by Gasteiger charge is -2.33. The number of ether oxygens (including phenoxy) is 3. The fraction of sp³-hybridized carbons (Fsp3) is 0.619. The molecule has 8 heteroatoms. The van der Waals surface area contributed by atoms with E-state index in [2.05, 4.69) is 21.3 Å². The second-order valence-electron chi connectivity index (χ2n) is 7.69. The minimum absolute atomic E-state index is 0.0164. The Bertz CT molecular complexity index is 744. The molecule has 0 bridgehead atoms. The summed E-state index contributed by atoms with van der Waals surface area (Å²) in [6.07, 6.45) is 1.93. The maximum Gasteiger partial charge on any atom is 0.243 e. The van der Waals surface area contributed by atoms with Gasteiger partial charge in [0.2, 0.25) is 5.91 Å². The Kier molecular flexibility index (Phi) is 7.19. The van der Waals surface area contributed by atoms with Crippen LogP contribution in [0.15, 0.2) is 17.1 Å². The number of carbonyl (C=O) groups excluding carboxylic acids is 1. The molecule has 1 aromatic carbocycles. The van der Waals surface area contributed by atoms with E-state index in [4.69, 9.17) is 14.2 Å². The number of nitrogens with one attached hydrogen (secondary N) is 1. The smallest absolute Gasteiger partial charge is 0.243 e. The Hall–Kier alpha value is -2.48. The quantitative estimate of drug-likeness (QED) is 0.566. The highest BCUT2D eigenvalue weighted by molar-refractivity contribution is 5.85. The Morgan fingerprint density at radius 3 is 2.62 bits per heavy atom. The molecule has 1 aromatic rings. The van der Waals surface area contributed by atoms with Gasteiger partial charge in [-0.2, -0.15) is 0 Å². The molecular formula is C21H32N4O4. The van der Waals surface area contributed by atoms with Gasteiger partial charge in [-0.25, -0.2) is 4.99 Å². The van der Waals surface area contributed by atoms with Crippen molar-refractivity contribution in [2.24, 2.45) is 10.9 Å². The fourth-order valence-corrected chi connectivity index (χ4v) is 3.60. The van der Waals surface area contributed by atoms with E-state index in [0.29, 0.717) is 12.5 Å². The molecule has 1 saturated heterocycles. The van der Waals surface area contributed by atoms with Crippen LogP contribution in [-0.4, -0.2) is 82.8 Å². The SMILES string of the molecule is COc1cc2c(cc1OC)CN(C(=NCC(=O)N(C)C)NCC1CCOC1)CC2. The molecule has 8 nitrogen and oxygen atoms in total. The zero-order valence-electron chi connectivity index (χ0n) is 17.9. The van der Waals surface area contributed by atoms with Gasteiger partial charge in [0.15, 0.2) is 17.5 Å². The largest absolute Gasteiger partial charge is 0.493 e. The molecule has 3 rings (SSSR count). The van der Waals surface area contributed by atoms with Crippen LogP contribution >= 0.6 is 0 Å². The van der Waals surface area contributed by atoms with Crippen LogP contribution < -0.4 is 14.8 Å². The lowest BCUT2D eigenvalue weighted by atomic mass is 9.99. The van der Waals surface area contributed by atoms with Crippen molar-refractivity contribution in [3.63, 3.8) is 0 Å². The molecule has 1 unspecified atom stereocenters. The topological polar surface area (TPSA) is 75.6 Å². The Morgan fingerprint density at radius 2 is 2.00 bits per heavy atom. The van der Waals surface area contributed by atoms with Crippen LogP contribution in [0.2, 0.25) is 0 Å². The summed E-state index contributed by atoms with van der Waals surface area (Å²) < 4.78 is 16.4. The zero-order chi connectivity index (χ0) is 20.8. The van der Waals surface area contributed by atoms with Crippen LogP contribution in [0.3, 0.4) is 0 Å². The number of amides is 1. The molecule has 160 valence electrons. The Labute approximate surface area is 172 Å². The van der Waals surface area contributed by atoms with Crippen molar-refractivity contribution < 1.29 is 19.0 Å². The zero-order valence-corrected chi connectivity index (χ0v) is 17.9. The molecule has 0 aromatic heterocycles. The Balaban J connectivity index is 1.76.